The fourth-order valence-electron chi connectivity index (χ4n) is 2.85. The summed E-state index contributed by atoms with van der Waals surface area (Å²) in [6.45, 7) is 6.30. The molecule has 4 nitrogen and oxygen atoms in total. The number of hydrogen-bond acceptors (Lipinski definition) is 3. The Hall–Kier alpha value is -0.430. The van der Waals surface area contributed by atoms with Gasteiger partial charge in [0.05, 0.1) is 11.5 Å². The number of aliphatic hydroxyl groups excluding tert-OH is 1. The Balaban J connectivity index is 2.51. The number of aryl methyl sites for hydroxylation is 1. The standard InChI is InChI=1S/C15H22BrNO3S/c1-10-5-4-6-17(12(10)3)21(19,20)14-8-13(9-18)7-11(2)15(14)16/h7-8,10,12,18H,4-6,9H2,1-3H3. The van der Waals surface area contributed by atoms with Gasteiger partial charge in [-0.25, -0.2) is 8.42 Å². The molecule has 1 aliphatic heterocycles. The molecule has 1 fully saturated rings. The lowest BCUT2D eigenvalue weighted by molar-refractivity contribution is 0.202. The second-order valence-corrected chi connectivity index (χ2v) is 8.51. The number of piperidine rings is 1. The molecule has 1 aromatic rings. The maximum absolute atomic E-state index is 13.0. The van der Waals surface area contributed by atoms with E-state index in [9.17, 15) is 13.5 Å². The van der Waals surface area contributed by atoms with Crippen LogP contribution in [0.3, 0.4) is 0 Å². The first-order valence-electron chi connectivity index (χ1n) is 7.20. The van der Waals surface area contributed by atoms with Crippen LogP contribution in [0.5, 0.6) is 0 Å². The predicted molar refractivity (Wildman–Crippen MR) is 86.6 cm³/mol. The number of hydrogen-bond donors (Lipinski definition) is 1. The summed E-state index contributed by atoms with van der Waals surface area (Å²) in [5, 5.41) is 9.32. The average molecular weight is 376 g/mol. The van der Waals surface area contributed by atoms with E-state index in [0.717, 1.165) is 18.4 Å². The number of sulfonamides is 1. The molecule has 0 saturated carbocycles. The van der Waals surface area contributed by atoms with E-state index in [-0.39, 0.29) is 17.5 Å². The zero-order valence-corrected chi connectivity index (χ0v) is 15.0. The lowest BCUT2D eigenvalue weighted by atomic mass is 9.94. The van der Waals surface area contributed by atoms with Crippen LogP contribution in [0.1, 0.15) is 37.8 Å². The smallest absolute Gasteiger partial charge is 0.244 e. The van der Waals surface area contributed by atoms with E-state index >= 15 is 0 Å². The third-order valence-corrected chi connectivity index (χ3v) is 7.69. The molecule has 118 valence electrons. The van der Waals surface area contributed by atoms with Crippen molar-refractivity contribution in [2.75, 3.05) is 6.54 Å². The quantitative estimate of drug-likeness (QED) is 0.882. The van der Waals surface area contributed by atoms with Gasteiger partial charge in [0.1, 0.15) is 0 Å². The highest BCUT2D eigenvalue weighted by Gasteiger charge is 2.35. The Morgan fingerprint density at radius 2 is 2.05 bits per heavy atom. The van der Waals surface area contributed by atoms with Gasteiger partial charge in [0, 0.05) is 17.1 Å². The second kappa shape index (κ2) is 6.36. The maximum atomic E-state index is 13.0. The van der Waals surface area contributed by atoms with Gasteiger partial charge in [0.25, 0.3) is 0 Å². The van der Waals surface area contributed by atoms with Gasteiger partial charge in [-0.2, -0.15) is 4.31 Å². The summed E-state index contributed by atoms with van der Waals surface area (Å²) in [6.07, 6.45) is 1.95. The van der Waals surface area contributed by atoms with Crippen molar-refractivity contribution in [3.63, 3.8) is 0 Å². The van der Waals surface area contributed by atoms with Crippen molar-refractivity contribution in [3.05, 3.63) is 27.7 Å². The van der Waals surface area contributed by atoms with Crippen LogP contribution in [0.2, 0.25) is 0 Å². The molecule has 2 rings (SSSR count). The van der Waals surface area contributed by atoms with Gasteiger partial charge in [0.15, 0.2) is 0 Å². The molecular formula is C15H22BrNO3S. The van der Waals surface area contributed by atoms with Crippen molar-refractivity contribution in [2.24, 2.45) is 5.92 Å². The minimum absolute atomic E-state index is 0.00580. The summed E-state index contributed by atoms with van der Waals surface area (Å²) < 4.78 is 28.2. The number of benzene rings is 1. The van der Waals surface area contributed by atoms with E-state index in [0.29, 0.717) is 22.5 Å². The zero-order valence-electron chi connectivity index (χ0n) is 12.6. The zero-order chi connectivity index (χ0) is 15.8. The highest BCUT2D eigenvalue weighted by molar-refractivity contribution is 9.10. The summed E-state index contributed by atoms with van der Waals surface area (Å²) in [4.78, 5) is 0.257. The number of halogens is 1. The van der Waals surface area contributed by atoms with Gasteiger partial charge >= 0.3 is 0 Å². The highest BCUT2D eigenvalue weighted by atomic mass is 79.9. The summed E-state index contributed by atoms with van der Waals surface area (Å²) >= 11 is 3.39. The molecule has 2 unspecified atom stereocenters. The van der Waals surface area contributed by atoms with Gasteiger partial charge in [-0.15, -0.1) is 0 Å². The van der Waals surface area contributed by atoms with Gasteiger partial charge in [-0.05, 0) is 65.7 Å². The maximum Gasteiger partial charge on any atom is 0.244 e. The molecule has 1 saturated heterocycles. The molecule has 0 bridgehead atoms. The predicted octanol–water partition coefficient (Wildman–Crippen LogP) is 3.06. The first-order valence-corrected chi connectivity index (χ1v) is 9.44. The second-order valence-electron chi connectivity index (χ2n) is 5.86. The Morgan fingerprint density at radius 3 is 2.67 bits per heavy atom. The minimum Gasteiger partial charge on any atom is -0.392 e. The fraction of sp³-hybridized carbons (Fsp3) is 0.600. The van der Waals surface area contributed by atoms with Crippen LogP contribution in [-0.2, 0) is 16.6 Å². The van der Waals surface area contributed by atoms with Crippen LogP contribution in [0.4, 0.5) is 0 Å². The third kappa shape index (κ3) is 3.18. The number of aliphatic hydroxyl groups is 1. The molecule has 1 aliphatic rings. The van der Waals surface area contributed by atoms with Gasteiger partial charge in [-0.1, -0.05) is 13.0 Å². The third-order valence-electron chi connectivity index (χ3n) is 4.37. The van der Waals surface area contributed by atoms with Crippen LogP contribution in [0.25, 0.3) is 0 Å². The van der Waals surface area contributed by atoms with Crippen LogP contribution >= 0.6 is 15.9 Å². The van der Waals surface area contributed by atoms with Crippen LogP contribution in [0.15, 0.2) is 21.5 Å². The summed E-state index contributed by atoms with van der Waals surface area (Å²) in [7, 11) is -3.55. The van der Waals surface area contributed by atoms with Crippen molar-refractivity contribution in [1.29, 1.82) is 0 Å². The van der Waals surface area contributed by atoms with E-state index in [1.807, 2.05) is 13.8 Å². The largest absolute Gasteiger partial charge is 0.392 e. The Morgan fingerprint density at radius 1 is 1.38 bits per heavy atom. The minimum atomic E-state index is -3.55. The Bertz CT molecular complexity index is 630. The SMILES string of the molecule is Cc1cc(CO)cc(S(=O)(=O)N2CCCC(C)C2C)c1Br. The first-order chi connectivity index (χ1) is 9.78. The molecule has 1 N–H and O–H groups in total. The Labute approximate surface area is 135 Å². The van der Waals surface area contributed by atoms with Crippen molar-refractivity contribution in [3.8, 4) is 0 Å². The van der Waals surface area contributed by atoms with E-state index in [2.05, 4.69) is 22.9 Å². The lowest BCUT2D eigenvalue weighted by Crippen LogP contribution is -2.46. The first kappa shape index (κ1) is 16.9. The van der Waals surface area contributed by atoms with Crippen molar-refractivity contribution >= 4 is 26.0 Å². The van der Waals surface area contributed by atoms with Crippen LogP contribution in [0, 0.1) is 12.8 Å². The van der Waals surface area contributed by atoms with Crippen LogP contribution in [-0.4, -0.2) is 30.4 Å². The molecule has 2 atom stereocenters. The number of rotatable bonds is 3. The van der Waals surface area contributed by atoms with Gasteiger partial charge in [0.2, 0.25) is 10.0 Å². The highest BCUT2D eigenvalue weighted by Crippen LogP contribution is 2.34. The fourth-order valence-corrected chi connectivity index (χ4v) is 5.65. The molecule has 0 amide bonds. The van der Waals surface area contributed by atoms with E-state index in [4.69, 9.17) is 0 Å². The van der Waals surface area contributed by atoms with Crippen molar-refractivity contribution < 1.29 is 13.5 Å². The summed E-state index contributed by atoms with van der Waals surface area (Å²) in [6, 6.07) is 3.36. The molecule has 1 heterocycles. The molecule has 0 aromatic heterocycles. The molecule has 1 aromatic carbocycles. The summed E-state index contributed by atoms with van der Waals surface area (Å²) in [5.74, 6) is 0.356. The topological polar surface area (TPSA) is 57.6 Å². The molecule has 0 spiro atoms. The van der Waals surface area contributed by atoms with Gasteiger partial charge in [-0.3, -0.25) is 0 Å². The van der Waals surface area contributed by atoms with E-state index in [1.54, 1.807) is 16.4 Å². The molecule has 0 aliphatic carbocycles. The van der Waals surface area contributed by atoms with Crippen LogP contribution < -0.4 is 0 Å². The molecule has 0 radical (unpaired) electrons. The molecule has 21 heavy (non-hydrogen) atoms. The van der Waals surface area contributed by atoms with Gasteiger partial charge < -0.3 is 5.11 Å². The molecular weight excluding hydrogens is 354 g/mol. The normalized spacial score (nSPS) is 24.2. The monoisotopic (exact) mass is 375 g/mol. The lowest BCUT2D eigenvalue weighted by Gasteiger charge is -2.37. The summed E-state index contributed by atoms with van der Waals surface area (Å²) in [5.41, 5.74) is 1.44. The molecule has 6 heteroatoms. The average Bonchev–Trinajstić information content (AvgIpc) is 2.44. The van der Waals surface area contributed by atoms with Crippen molar-refractivity contribution in [2.45, 2.75) is 51.2 Å². The number of nitrogens with zero attached hydrogens (tertiary/aromatic N) is 1. The van der Waals surface area contributed by atoms with Crippen molar-refractivity contribution in [1.82, 2.24) is 4.31 Å². The Kier molecular flexibility index (Phi) is 5.13. The van der Waals surface area contributed by atoms with E-state index in [1.165, 1.54) is 0 Å². The van der Waals surface area contributed by atoms with E-state index < -0.39 is 10.0 Å².